The van der Waals surface area contributed by atoms with Crippen LogP contribution in [0.1, 0.15) is 25.7 Å². The van der Waals surface area contributed by atoms with Crippen molar-refractivity contribution in [2.75, 3.05) is 20.6 Å². The number of carbonyl (C=O) groups excluding carboxylic acids is 1. The van der Waals surface area contributed by atoms with Gasteiger partial charge < -0.3 is 4.90 Å². The molecule has 0 spiro atoms. The van der Waals surface area contributed by atoms with E-state index in [2.05, 4.69) is 11.9 Å². The number of nitrogens with zero attached hydrogens (tertiary/aromatic N) is 2. The lowest BCUT2D eigenvalue weighted by atomic mass is 10.2. The Kier molecular flexibility index (Phi) is 2.28. The lowest BCUT2D eigenvalue weighted by Crippen LogP contribution is -2.43. The molecule has 0 radical (unpaired) electrons. The Labute approximate surface area is 79.7 Å². The van der Waals surface area contributed by atoms with E-state index >= 15 is 0 Å². The van der Waals surface area contributed by atoms with Crippen molar-refractivity contribution in [2.24, 2.45) is 0 Å². The molecule has 1 atom stereocenters. The number of hydrogen-bond donors (Lipinski definition) is 0. The first-order valence-corrected chi connectivity index (χ1v) is 5.17. The van der Waals surface area contributed by atoms with Gasteiger partial charge in [0.15, 0.2) is 0 Å². The summed E-state index contributed by atoms with van der Waals surface area (Å²) in [6, 6.07) is 0.729. The summed E-state index contributed by atoms with van der Waals surface area (Å²) in [6.07, 6.45) is 4.63. The van der Waals surface area contributed by atoms with Crippen LogP contribution in [0.4, 0.5) is 0 Å². The van der Waals surface area contributed by atoms with Crippen LogP contribution in [0, 0.1) is 0 Å². The van der Waals surface area contributed by atoms with E-state index in [9.17, 15) is 4.79 Å². The van der Waals surface area contributed by atoms with Crippen LogP contribution in [0.3, 0.4) is 0 Å². The van der Waals surface area contributed by atoms with E-state index in [0.717, 1.165) is 13.0 Å². The highest BCUT2D eigenvalue weighted by Gasteiger charge is 2.36. The molecule has 1 amide bonds. The lowest BCUT2D eigenvalue weighted by molar-refractivity contribution is -0.134. The topological polar surface area (TPSA) is 23.6 Å². The van der Waals surface area contributed by atoms with Gasteiger partial charge in [0.05, 0.1) is 6.04 Å². The third-order valence-corrected chi connectivity index (χ3v) is 3.25. The quantitative estimate of drug-likeness (QED) is 0.627. The number of amides is 1. The monoisotopic (exact) mass is 182 g/mol. The molecule has 1 aliphatic heterocycles. The van der Waals surface area contributed by atoms with Crippen LogP contribution in [0.15, 0.2) is 0 Å². The average molecular weight is 182 g/mol. The summed E-state index contributed by atoms with van der Waals surface area (Å²) < 4.78 is 0. The van der Waals surface area contributed by atoms with Gasteiger partial charge in [0, 0.05) is 13.1 Å². The van der Waals surface area contributed by atoms with Crippen molar-refractivity contribution in [1.29, 1.82) is 0 Å². The largest absolute Gasteiger partial charge is 0.341 e. The van der Waals surface area contributed by atoms with Crippen molar-refractivity contribution in [3.8, 4) is 0 Å². The number of rotatable bonds is 2. The van der Waals surface area contributed by atoms with Crippen molar-refractivity contribution < 1.29 is 4.79 Å². The maximum Gasteiger partial charge on any atom is 0.239 e. The highest BCUT2D eigenvalue weighted by Crippen LogP contribution is 2.27. The highest BCUT2D eigenvalue weighted by molar-refractivity contribution is 5.82. The number of carbonyl (C=O) groups is 1. The molecule has 0 N–H and O–H groups in total. The van der Waals surface area contributed by atoms with Crippen LogP contribution in [-0.2, 0) is 4.79 Å². The SMILES string of the molecule is CN1CCCC1C(=O)N(C)C1CC1. The fourth-order valence-electron chi connectivity index (χ4n) is 2.10. The van der Waals surface area contributed by atoms with Gasteiger partial charge in [-0.3, -0.25) is 9.69 Å². The highest BCUT2D eigenvalue weighted by atomic mass is 16.2. The van der Waals surface area contributed by atoms with Gasteiger partial charge in [0.1, 0.15) is 0 Å². The van der Waals surface area contributed by atoms with Gasteiger partial charge in [-0.2, -0.15) is 0 Å². The maximum absolute atomic E-state index is 11.9. The second-order valence-corrected chi connectivity index (χ2v) is 4.32. The summed E-state index contributed by atoms with van der Waals surface area (Å²) in [4.78, 5) is 16.1. The van der Waals surface area contributed by atoms with Gasteiger partial charge in [-0.15, -0.1) is 0 Å². The molecule has 3 nitrogen and oxygen atoms in total. The van der Waals surface area contributed by atoms with E-state index in [-0.39, 0.29) is 6.04 Å². The zero-order chi connectivity index (χ0) is 9.42. The minimum atomic E-state index is 0.172. The van der Waals surface area contributed by atoms with Crippen molar-refractivity contribution in [3.05, 3.63) is 0 Å². The fourth-order valence-corrected chi connectivity index (χ4v) is 2.10. The van der Waals surface area contributed by atoms with E-state index in [0.29, 0.717) is 11.9 Å². The standard InChI is InChI=1S/C10H18N2O/c1-11-7-3-4-9(11)10(13)12(2)8-5-6-8/h8-9H,3-7H2,1-2H3. The van der Waals surface area contributed by atoms with Crippen molar-refractivity contribution >= 4 is 5.91 Å². The molecular formula is C10H18N2O. The first-order chi connectivity index (χ1) is 6.20. The summed E-state index contributed by atoms with van der Waals surface area (Å²) in [5.74, 6) is 0.336. The zero-order valence-electron chi connectivity index (χ0n) is 8.49. The molecule has 0 aromatic rings. The summed E-state index contributed by atoms with van der Waals surface area (Å²) in [5.41, 5.74) is 0. The van der Waals surface area contributed by atoms with Crippen LogP contribution >= 0.6 is 0 Å². The molecule has 1 unspecified atom stereocenters. The molecule has 3 heteroatoms. The van der Waals surface area contributed by atoms with Crippen LogP contribution < -0.4 is 0 Å². The number of likely N-dealkylation sites (tertiary alicyclic amines) is 1. The Morgan fingerprint density at radius 3 is 2.54 bits per heavy atom. The van der Waals surface area contributed by atoms with Gasteiger partial charge in [0.25, 0.3) is 0 Å². The van der Waals surface area contributed by atoms with Crippen molar-refractivity contribution in [3.63, 3.8) is 0 Å². The third kappa shape index (κ3) is 1.70. The summed E-state index contributed by atoms with van der Waals surface area (Å²) in [7, 11) is 4.00. The van der Waals surface area contributed by atoms with E-state index in [1.807, 2.05) is 11.9 Å². The van der Waals surface area contributed by atoms with Crippen molar-refractivity contribution in [1.82, 2.24) is 9.80 Å². The normalized spacial score (nSPS) is 29.2. The molecule has 2 fully saturated rings. The van der Waals surface area contributed by atoms with Gasteiger partial charge >= 0.3 is 0 Å². The third-order valence-electron chi connectivity index (χ3n) is 3.25. The Morgan fingerprint density at radius 1 is 1.38 bits per heavy atom. The predicted molar refractivity (Wildman–Crippen MR) is 51.4 cm³/mol. The first-order valence-electron chi connectivity index (χ1n) is 5.17. The molecule has 0 aromatic heterocycles. The van der Waals surface area contributed by atoms with E-state index < -0.39 is 0 Å². The van der Waals surface area contributed by atoms with E-state index in [1.54, 1.807) is 0 Å². The van der Waals surface area contributed by atoms with Crippen LogP contribution in [-0.4, -0.2) is 48.4 Å². The second kappa shape index (κ2) is 3.29. The van der Waals surface area contributed by atoms with Gasteiger partial charge in [-0.1, -0.05) is 0 Å². The van der Waals surface area contributed by atoms with E-state index in [4.69, 9.17) is 0 Å². The van der Waals surface area contributed by atoms with Gasteiger partial charge in [-0.25, -0.2) is 0 Å². The van der Waals surface area contributed by atoms with Crippen LogP contribution in [0.25, 0.3) is 0 Å². The Balaban J connectivity index is 1.94. The Bertz CT molecular complexity index is 213. The fraction of sp³-hybridized carbons (Fsp3) is 0.900. The molecule has 1 saturated heterocycles. The van der Waals surface area contributed by atoms with E-state index in [1.165, 1.54) is 19.3 Å². The summed E-state index contributed by atoms with van der Waals surface area (Å²) >= 11 is 0. The number of likely N-dealkylation sites (N-methyl/N-ethyl adjacent to an activating group) is 2. The average Bonchev–Trinajstić information content (AvgIpc) is 2.87. The molecule has 1 saturated carbocycles. The molecule has 74 valence electrons. The molecule has 2 rings (SSSR count). The van der Waals surface area contributed by atoms with Crippen molar-refractivity contribution in [2.45, 2.75) is 37.8 Å². The molecule has 0 aromatic carbocycles. The van der Waals surface area contributed by atoms with Gasteiger partial charge in [-0.05, 0) is 39.3 Å². The first kappa shape index (κ1) is 9.00. The lowest BCUT2D eigenvalue weighted by Gasteiger charge is -2.24. The predicted octanol–water partition coefficient (Wildman–Crippen LogP) is 0.701. The summed E-state index contributed by atoms with van der Waals surface area (Å²) in [5, 5.41) is 0. The molecule has 0 bridgehead atoms. The Morgan fingerprint density at radius 2 is 2.08 bits per heavy atom. The molecule has 2 aliphatic rings. The second-order valence-electron chi connectivity index (χ2n) is 4.32. The minimum absolute atomic E-state index is 0.172. The minimum Gasteiger partial charge on any atom is -0.341 e. The van der Waals surface area contributed by atoms with Crippen LogP contribution in [0.5, 0.6) is 0 Å². The Hall–Kier alpha value is -0.570. The van der Waals surface area contributed by atoms with Crippen LogP contribution in [0.2, 0.25) is 0 Å². The molecule has 1 aliphatic carbocycles. The maximum atomic E-state index is 11.9. The molecular weight excluding hydrogens is 164 g/mol. The summed E-state index contributed by atoms with van der Waals surface area (Å²) in [6.45, 7) is 1.08. The molecule has 1 heterocycles. The zero-order valence-corrected chi connectivity index (χ0v) is 8.49. The molecule has 13 heavy (non-hydrogen) atoms. The van der Waals surface area contributed by atoms with Gasteiger partial charge in [0.2, 0.25) is 5.91 Å². The smallest absolute Gasteiger partial charge is 0.239 e. The number of hydrogen-bond acceptors (Lipinski definition) is 2.